The van der Waals surface area contributed by atoms with Gasteiger partial charge in [0, 0.05) is 18.8 Å². The number of carbonyl (C=O) groups is 1. The van der Waals surface area contributed by atoms with E-state index in [0.717, 1.165) is 44.6 Å². The first-order chi connectivity index (χ1) is 11.3. The van der Waals surface area contributed by atoms with Crippen LogP contribution in [0.15, 0.2) is 60.7 Å². The third-order valence-corrected chi connectivity index (χ3v) is 4.45. The predicted octanol–water partition coefficient (Wildman–Crippen LogP) is 3.26. The van der Waals surface area contributed by atoms with Crippen molar-refractivity contribution >= 4 is 11.6 Å². The van der Waals surface area contributed by atoms with Gasteiger partial charge in [0.05, 0.1) is 5.92 Å². The quantitative estimate of drug-likeness (QED) is 0.919. The number of nitrogens with one attached hydrogen (secondary N) is 1. The highest BCUT2D eigenvalue weighted by atomic mass is 16.2. The maximum absolute atomic E-state index is 13.0. The molecule has 1 aliphatic heterocycles. The van der Waals surface area contributed by atoms with Crippen molar-refractivity contribution in [1.29, 1.82) is 0 Å². The van der Waals surface area contributed by atoms with Gasteiger partial charge in [0.1, 0.15) is 0 Å². The van der Waals surface area contributed by atoms with E-state index >= 15 is 0 Å². The van der Waals surface area contributed by atoms with Crippen LogP contribution in [-0.4, -0.2) is 25.5 Å². The summed E-state index contributed by atoms with van der Waals surface area (Å²) in [5.74, 6) is 0.346. The Hall–Kier alpha value is -2.13. The van der Waals surface area contributed by atoms with Crippen molar-refractivity contribution in [3.8, 4) is 0 Å². The normalized spacial score (nSPS) is 17.7. The smallest absolute Gasteiger partial charge is 0.231 e. The average Bonchev–Trinajstić information content (AvgIpc) is 2.64. The van der Waals surface area contributed by atoms with E-state index in [1.165, 1.54) is 5.56 Å². The molecule has 1 fully saturated rings. The maximum Gasteiger partial charge on any atom is 0.231 e. The van der Waals surface area contributed by atoms with Crippen LogP contribution in [0.3, 0.4) is 0 Å². The number of rotatable bonds is 5. The summed E-state index contributed by atoms with van der Waals surface area (Å²) in [5.41, 5.74) is 2.27. The second-order valence-corrected chi connectivity index (χ2v) is 6.10. The minimum atomic E-state index is 0.0970. The molecule has 0 aliphatic carbocycles. The van der Waals surface area contributed by atoms with Crippen LogP contribution in [-0.2, 0) is 11.2 Å². The molecule has 1 amide bonds. The summed E-state index contributed by atoms with van der Waals surface area (Å²) in [6.45, 7) is 2.55. The Morgan fingerprint density at radius 2 is 1.74 bits per heavy atom. The molecule has 120 valence electrons. The van der Waals surface area contributed by atoms with Gasteiger partial charge in [-0.3, -0.25) is 4.79 Å². The van der Waals surface area contributed by atoms with Crippen molar-refractivity contribution in [3.05, 3.63) is 66.2 Å². The zero-order valence-electron chi connectivity index (χ0n) is 13.4. The Bertz CT molecular complexity index is 606. The molecular formula is C20H24N2O. The van der Waals surface area contributed by atoms with E-state index < -0.39 is 0 Å². The molecule has 1 N–H and O–H groups in total. The molecule has 2 aromatic carbocycles. The summed E-state index contributed by atoms with van der Waals surface area (Å²) >= 11 is 0. The lowest BCUT2D eigenvalue weighted by Gasteiger charge is -2.30. The molecule has 2 aromatic rings. The fourth-order valence-corrected chi connectivity index (χ4v) is 3.14. The molecule has 1 unspecified atom stereocenters. The number of para-hydroxylation sites is 1. The molecule has 1 atom stereocenters. The van der Waals surface area contributed by atoms with Gasteiger partial charge in [-0.2, -0.15) is 0 Å². The molecule has 3 heteroatoms. The Morgan fingerprint density at radius 3 is 2.39 bits per heavy atom. The molecule has 1 heterocycles. The fraction of sp³-hybridized carbons (Fsp3) is 0.350. The molecule has 1 saturated heterocycles. The van der Waals surface area contributed by atoms with Gasteiger partial charge in [0.15, 0.2) is 0 Å². The molecule has 3 nitrogen and oxygen atoms in total. The van der Waals surface area contributed by atoms with Crippen molar-refractivity contribution in [3.63, 3.8) is 0 Å². The van der Waals surface area contributed by atoms with Crippen LogP contribution in [0, 0.1) is 5.92 Å². The van der Waals surface area contributed by atoms with Crippen molar-refractivity contribution in [1.82, 2.24) is 5.32 Å². The predicted molar refractivity (Wildman–Crippen MR) is 94.5 cm³/mol. The van der Waals surface area contributed by atoms with E-state index in [4.69, 9.17) is 0 Å². The van der Waals surface area contributed by atoms with Gasteiger partial charge in [-0.15, -0.1) is 0 Å². The van der Waals surface area contributed by atoms with E-state index in [2.05, 4.69) is 29.6 Å². The molecule has 0 bridgehead atoms. The highest BCUT2D eigenvalue weighted by Crippen LogP contribution is 2.20. The number of carbonyl (C=O) groups excluding carboxylic acids is 1. The van der Waals surface area contributed by atoms with Gasteiger partial charge >= 0.3 is 0 Å². The zero-order chi connectivity index (χ0) is 15.9. The van der Waals surface area contributed by atoms with Crippen molar-refractivity contribution in [2.75, 3.05) is 24.5 Å². The fourth-order valence-electron chi connectivity index (χ4n) is 3.14. The third-order valence-electron chi connectivity index (χ3n) is 4.45. The number of amides is 1. The van der Waals surface area contributed by atoms with Crippen LogP contribution >= 0.6 is 0 Å². The second-order valence-electron chi connectivity index (χ2n) is 6.10. The molecule has 0 spiro atoms. The monoisotopic (exact) mass is 308 g/mol. The van der Waals surface area contributed by atoms with E-state index in [1.807, 2.05) is 41.3 Å². The van der Waals surface area contributed by atoms with Crippen molar-refractivity contribution in [2.24, 2.45) is 5.92 Å². The Kier molecular flexibility index (Phi) is 5.43. The maximum atomic E-state index is 13.0. The highest BCUT2D eigenvalue weighted by molar-refractivity contribution is 5.95. The minimum absolute atomic E-state index is 0.0970. The average molecular weight is 308 g/mol. The summed E-state index contributed by atoms with van der Waals surface area (Å²) in [4.78, 5) is 15.0. The lowest BCUT2D eigenvalue weighted by Crippen LogP contribution is -2.44. The van der Waals surface area contributed by atoms with Crippen LogP contribution in [0.1, 0.15) is 18.4 Å². The SMILES string of the molecule is O=C(C1CCCNC1)N(CCc1ccccc1)c1ccccc1. The molecule has 23 heavy (non-hydrogen) atoms. The first-order valence-electron chi connectivity index (χ1n) is 8.45. The molecule has 3 rings (SSSR count). The lowest BCUT2D eigenvalue weighted by atomic mass is 9.97. The Labute approximate surface area is 138 Å². The van der Waals surface area contributed by atoms with Gasteiger partial charge in [0.2, 0.25) is 5.91 Å². The molecule has 0 radical (unpaired) electrons. The Balaban J connectivity index is 1.74. The van der Waals surface area contributed by atoms with Crippen LogP contribution in [0.2, 0.25) is 0 Å². The molecule has 0 saturated carbocycles. The first-order valence-corrected chi connectivity index (χ1v) is 8.45. The van der Waals surface area contributed by atoms with E-state index in [1.54, 1.807) is 0 Å². The van der Waals surface area contributed by atoms with Crippen LogP contribution in [0.4, 0.5) is 5.69 Å². The molecule has 1 aliphatic rings. The van der Waals surface area contributed by atoms with E-state index in [0.29, 0.717) is 0 Å². The molecule has 0 aromatic heterocycles. The van der Waals surface area contributed by atoms with E-state index in [-0.39, 0.29) is 11.8 Å². The van der Waals surface area contributed by atoms with Crippen LogP contribution in [0.5, 0.6) is 0 Å². The number of hydrogen-bond acceptors (Lipinski definition) is 2. The van der Waals surface area contributed by atoms with Gasteiger partial charge in [0.25, 0.3) is 0 Å². The summed E-state index contributed by atoms with van der Waals surface area (Å²) in [5, 5.41) is 3.35. The summed E-state index contributed by atoms with van der Waals surface area (Å²) in [6, 6.07) is 20.4. The van der Waals surface area contributed by atoms with Crippen LogP contribution in [0.25, 0.3) is 0 Å². The summed E-state index contributed by atoms with van der Waals surface area (Å²) < 4.78 is 0. The zero-order valence-corrected chi connectivity index (χ0v) is 13.4. The first kappa shape index (κ1) is 15.8. The number of piperidine rings is 1. The van der Waals surface area contributed by atoms with Gasteiger partial charge < -0.3 is 10.2 Å². The van der Waals surface area contributed by atoms with Crippen molar-refractivity contribution in [2.45, 2.75) is 19.3 Å². The number of anilines is 1. The highest BCUT2D eigenvalue weighted by Gasteiger charge is 2.26. The van der Waals surface area contributed by atoms with E-state index in [9.17, 15) is 4.79 Å². The minimum Gasteiger partial charge on any atom is -0.316 e. The van der Waals surface area contributed by atoms with Crippen LogP contribution < -0.4 is 10.2 Å². The lowest BCUT2D eigenvalue weighted by molar-refractivity contribution is -0.122. The number of nitrogens with zero attached hydrogens (tertiary/aromatic N) is 1. The third kappa shape index (κ3) is 4.20. The standard InChI is InChI=1S/C20H24N2O/c23-20(18-10-7-14-21-16-18)22(19-11-5-2-6-12-19)15-13-17-8-3-1-4-9-17/h1-6,8-9,11-12,18,21H,7,10,13-16H2. The summed E-state index contributed by atoms with van der Waals surface area (Å²) in [6.07, 6.45) is 2.94. The second kappa shape index (κ2) is 7.93. The van der Waals surface area contributed by atoms with Gasteiger partial charge in [-0.05, 0) is 43.5 Å². The largest absolute Gasteiger partial charge is 0.316 e. The van der Waals surface area contributed by atoms with Gasteiger partial charge in [-0.25, -0.2) is 0 Å². The number of hydrogen-bond donors (Lipinski definition) is 1. The molecular weight excluding hydrogens is 284 g/mol. The number of benzene rings is 2. The Morgan fingerprint density at radius 1 is 1.04 bits per heavy atom. The van der Waals surface area contributed by atoms with Gasteiger partial charge in [-0.1, -0.05) is 48.5 Å². The van der Waals surface area contributed by atoms with Crippen molar-refractivity contribution < 1.29 is 4.79 Å². The topological polar surface area (TPSA) is 32.3 Å². The summed E-state index contributed by atoms with van der Waals surface area (Å²) in [7, 11) is 0.